The number of amides is 1. The maximum Gasteiger partial charge on any atom is 0.358 e. The molecule has 3 rings (SSSR count). The molecule has 1 N–H and O–H groups in total. The first-order valence-electron chi connectivity index (χ1n) is 8.27. The molecule has 0 bridgehead atoms. The van der Waals surface area contributed by atoms with Crippen molar-refractivity contribution >= 4 is 11.9 Å². The van der Waals surface area contributed by atoms with Gasteiger partial charge in [0.2, 0.25) is 5.75 Å². The summed E-state index contributed by atoms with van der Waals surface area (Å²) in [7, 11) is 5.81. The van der Waals surface area contributed by atoms with Crippen molar-refractivity contribution in [2.45, 2.75) is 13.0 Å². The molecule has 0 aliphatic carbocycles. The molecule has 1 aromatic heterocycles. The number of aromatic amines is 1. The molecule has 0 atom stereocenters. The third-order valence-electron chi connectivity index (χ3n) is 4.51. The van der Waals surface area contributed by atoms with Gasteiger partial charge in [-0.25, -0.2) is 4.79 Å². The summed E-state index contributed by atoms with van der Waals surface area (Å²) in [6, 6.07) is 3.23. The van der Waals surface area contributed by atoms with E-state index in [1.807, 2.05) is 0 Å². The second-order valence-electron chi connectivity index (χ2n) is 5.91. The molecular weight excluding hydrogens is 354 g/mol. The number of ether oxygens (including phenoxy) is 4. The molecule has 0 radical (unpaired) electrons. The lowest BCUT2D eigenvalue weighted by atomic mass is 10.0. The van der Waals surface area contributed by atoms with Gasteiger partial charge in [-0.2, -0.15) is 5.10 Å². The van der Waals surface area contributed by atoms with Gasteiger partial charge in [0.1, 0.15) is 0 Å². The molecule has 0 saturated heterocycles. The lowest BCUT2D eigenvalue weighted by Crippen LogP contribution is -2.36. The second-order valence-corrected chi connectivity index (χ2v) is 5.91. The molecule has 1 aliphatic heterocycles. The van der Waals surface area contributed by atoms with Crippen LogP contribution in [-0.2, 0) is 17.7 Å². The maximum atomic E-state index is 13.0. The van der Waals surface area contributed by atoms with E-state index in [9.17, 15) is 9.59 Å². The number of hydrogen-bond acceptors (Lipinski definition) is 7. The molecule has 27 heavy (non-hydrogen) atoms. The second kappa shape index (κ2) is 7.56. The van der Waals surface area contributed by atoms with Crippen LogP contribution in [0.25, 0.3) is 0 Å². The highest BCUT2D eigenvalue weighted by molar-refractivity contribution is 5.96. The minimum Gasteiger partial charge on any atom is -0.493 e. The largest absolute Gasteiger partial charge is 0.493 e. The van der Waals surface area contributed by atoms with Crippen molar-refractivity contribution in [3.8, 4) is 17.2 Å². The third-order valence-corrected chi connectivity index (χ3v) is 4.51. The fraction of sp³-hybridized carbons (Fsp3) is 0.389. The number of hydrogen-bond donors (Lipinski definition) is 1. The van der Waals surface area contributed by atoms with E-state index in [4.69, 9.17) is 18.9 Å². The number of nitrogens with zero attached hydrogens (tertiary/aromatic N) is 2. The van der Waals surface area contributed by atoms with E-state index in [-0.39, 0.29) is 11.6 Å². The highest BCUT2D eigenvalue weighted by atomic mass is 16.5. The Morgan fingerprint density at radius 2 is 1.74 bits per heavy atom. The number of fused-ring (bicyclic) bond motifs is 1. The van der Waals surface area contributed by atoms with E-state index in [2.05, 4.69) is 10.2 Å². The van der Waals surface area contributed by atoms with Gasteiger partial charge in [0, 0.05) is 17.7 Å². The van der Waals surface area contributed by atoms with Gasteiger partial charge >= 0.3 is 5.97 Å². The number of nitrogens with one attached hydrogen (secondary N) is 1. The van der Waals surface area contributed by atoms with Crippen molar-refractivity contribution in [2.24, 2.45) is 0 Å². The highest BCUT2D eigenvalue weighted by Gasteiger charge is 2.29. The molecule has 0 fully saturated rings. The molecule has 1 amide bonds. The summed E-state index contributed by atoms with van der Waals surface area (Å²) >= 11 is 0. The van der Waals surface area contributed by atoms with E-state index in [1.54, 1.807) is 17.0 Å². The fourth-order valence-electron chi connectivity index (χ4n) is 3.14. The standard InChI is InChI=1S/C18H21N3O6/c1-24-13-7-10(8-14(25-2)16(13)26-3)17(22)21-6-5-11-12(9-21)19-20-15(11)18(23)27-4/h7-8H,5-6,9H2,1-4H3,(H,19,20). The molecule has 2 heterocycles. The quantitative estimate of drug-likeness (QED) is 0.789. The van der Waals surface area contributed by atoms with Gasteiger partial charge in [-0.15, -0.1) is 0 Å². The van der Waals surface area contributed by atoms with Crippen LogP contribution in [0.15, 0.2) is 12.1 Å². The van der Waals surface area contributed by atoms with E-state index in [0.29, 0.717) is 42.3 Å². The van der Waals surface area contributed by atoms with E-state index in [1.165, 1.54) is 28.4 Å². The summed E-state index contributed by atoms with van der Waals surface area (Å²) in [5, 5.41) is 6.85. The van der Waals surface area contributed by atoms with Crippen LogP contribution in [0.4, 0.5) is 0 Å². The number of H-pyrrole nitrogens is 1. The summed E-state index contributed by atoms with van der Waals surface area (Å²) in [4.78, 5) is 26.4. The normalized spacial score (nSPS) is 13.0. The molecule has 9 heteroatoms. The van der Waals surface area contributed by atoms with Crippen LogP contribution in [-0.4, -0.2) is 62.0 Å². The topological polar surface area (TPSA) is 103 Å². The predicted molar refractivity (Wildman–Crippen MR) is 94.5 cm³/mol. The smallest absolute Gasteiger partial charge is 0.358 e. The zero-order valence-electron chi connectivity index (χ0n) is 15.6. The first kappa shape index (κ1) is 18.6. The number of methoxy groups -OCH3 is 4. The van der Waals surface area contributed by atoms with Crippen molar-refractivity contribution in [3.05, 3.63) is 34.6 Å². The monoisotopic (exact) mass is 375 g/mol. The van der Waals surface area contributed by atoms with Gasteiger partial charge in [0.25, 0.3) is 5.91 Å². The zero-order chi connectivity index (χ0) is 19.6. The van der Waals surface area contributed by atoms with Gasteiger partial charge < -0.3 is 23.8 Å². The highest BCUT2D eigenvalue weighted by Crippen LogP contribution is 2.38. The lowest BCUT2D eigenvalue weighted by Gasteiger charge is -2.27. The van der Waals surface area contributed by atoms with Crippen LogP contribution in [0.1, 0.15) is 32.1 Å². The number of carbonyl (C=O) groups excluding carboxylic acids is 2. The number of esters is 1. The van der Waals surface area contributed by atoms with Crippen molar-refractivity contribution in [2.75, 3.05) is 35.0 Å². The molecule has 144 valence electrons. The van der Waals surface area contributed by atoms with Gasteiger partial charge in [-0.05, 0) is 18.6 Å². The van der Waals surface area contributed by atoms with Gasteiger partial charge in [0.05, 0.1) is 40.7 Å². The summed E-state index contributed by atoms with van der Waals surface area (Å²) in [6.45, 7) is 0.765. The molecule has 2 aromatic rings. The number of carbonyl (C=O) groups is 2. The first-order chi connectivity index (χ1) is 13.0. The van der Waals surface area contributed by atoms with Gasteiger partial charge in [-0.1, -0.05) is 0 Å². The minimum atomic E-state index is -0.489. The van der Waals surface area contributed by atoms with Crippen LogP contribution in [0, 0.1) is 0 Å². The molecule has 1 aliphatic rings. The lowest BCUT2D eigenvalue weighted by molar-refractivity contribution is 0.0592. The first-order valence-corrected chi connectivity index (χ1v) is 8.27. The van der Waals surface area contributed by atoms with Crippen molar-refractivity contribution < 1.29 is 28.5 Å². The summed E-state index contributed by atoms with van der Waals surface area (Å²) < 4.78 is 20.6. The molecule has 9 nitrogen and oxygen atoms in total. The predicted octanol–water partition coefficient (Wildman–Crippen LogP) is 1.42. The number of rotatable bonds is 5. The van der Waals surface area contributed by atoms with Crippen molar-refractivity contribution in [3.63, 3.8) is 0 Å². The summed E-state index contributed by atoms with van der Waals surface area (Å²) in [6.07, 6.45) is 0.506. The molecular formula is C18H21N3O6. The Hall–Kier alpha value is -3.23. The Kier molecular flexibility index (Phi) is 5.20. The van der Waals surface area contributed by atoms with E-state index >= 15 is 0 Å². The average Bonchev–Trinajstić information content (AvgIpc) is 3.14. The Balaban J connectivity index is 1.87. The van der Waals surface area contributed by atoms with E-state index in [0.717, 1.165) is 11.3 Å². The molecule has 1 aromatic carbocycles. The van der Waals surface area contributed by atoms with Gasteiger partial charge in [-0.3, -0.25) is 9.89 Å². The SMILES string of the molecule is COC(=O)c1n[nH]c2c1CCN(C(=O)c1cc(OC)c(OC)c(OC)c1)C2. The van der Waals surface area contributed by atoms with Crippen LogP contribution >= 0.6 is 0 Å². The van der Waals surface area contributed by atoms with Crippen molar-refractivity contribution in [1.29, 1.82) is 0 Å². The van der Waals surface area contributed by atoms with Crippen LogP contribution < -0.4 is 14.2 Å². The maximum absolute atomic E-state index is 13.0. The Labute approximate surface area is 156 Å². The fourth-order valence-corrected chi connectivity index (χ4v) is 3.14. The Morgan fingerprint density at radius 1 is 1.07 bits per heavy atom. The van der Waals surface area contributed by atoms with E-state index < -0.39 is 5.97 Å². The Bertz CT molecular complexity index is 851. The third kappa shape index (κ3) is 3.27. The average molecular weight is 375 g/mol. The molecule has 0 spiro atoms. The number of aromatic nitrogens is 2. The van der Waals surface area contributed by atoms with Crippen LogP contribution in [0.3, 0.4) is 0 Å². The molecule has 0 saturated carbocycles. The van der Waals surface area contributed by atoms with Crippen molar-refractivity contribution in [1.82, 2.24) is 15.1 Å². The van der Waals surface area contributed by atoms with Gasteiger partial charge in [0.15, 0.2) is 17.2 Å². The zero-order valence-corrected chi connectivity index (χ0v) is 15.6. The summed E-state index contributed by atoms with van der Waals surface area (Å²) in [5.74, 6) is 0.569. The minimum absolute atomic E-state index is 0.186. The summed E-state index contributed by atoms with van der Waals surface area (Å²) in [5.41, 5.74) is 2.20. The number of benzene rings is 1. The Morgan fingerprint density at radius 3 is 2.30 bits per heavy atom. The van der Waals surface area contributed by atoms with Crippen LogP contribution in [0.5, 0.6) is 17.2 Å². The molecule has 0 unspecified atom stereocenters. The van der Waals surface area contributed by atoms with Crippen LogP contribution in [0.2, 0.25) is 0 Å².